The lowest BCUT2D eigenvalue weighted by Crippen LogP contribution is -2.40. The lowest BCUT2D eigenvalue weighted by Gasteiger charge is -2.16. The number of anilines is 1. The van der Waals surface area contributed by atoms with E-state index in [-0.39, 0.29) is 0 Å². The van der Waals surface area contributed by atoms with Gasteiger partial charge in [-0.05, 0) is 18.8 Å². The van der Waals surface area contributed by atoms with Crippen LogP contribution in [0.2, 0.25) is 0 Å². The first-order valence-electron chi connectivity index (χ1n) is 8.90. The van der Waals surface area contributed by atoms with E-state index in [9.17, 15) is 0 Å². The molecule has 1 aromatic heterocycles. The molecule has 1 fully saturated rings. The first-order chi connectivity index (χ1) is 11.3. The Labute approximate surface area is 144 Å². The summed E-state index contributed by atoms with van der Waals surface area (Å²) in [6.45, 7) is 8.67. The molecule has 5 nitrogen and oxygen atoms in total. The highest BCUT2D eigenvalue weighted by Gasteiger charge is 2.15. The molecule has 0 amide bonds. The van der Waals surface area contributed by atoms with E-state index in [1.54, 1.807) is 11.3 Å². The summed E-state index contributed by atoms with van der Waals surface area (Å²) in [7, 11) is 1.83. The van der Waals surface area contributed by atoms with Gasteiger partial charge < -0.3 is 15.5 Å². The van der Waals surface area contributed by atoms with Crippen molar-refractivity contribution in [3.63, 3.8) is 0 Å². The molecule has 0 atom stereocenters. The SMILES string of the molecule is CCC(CC)CNC(=NC)NCCc1csc(N2CCCC2)n1. The molecule has 2 N–H and O–H groups in total. The Bertz CT molecular complexity index is 475. The van der Waals surface area contributed by atoms with Crippen molar-refractivity contribution in [1.29, 1.82) is 0 Å². The Morgan fingerprint density at radius 1 is 1.30 bits per heavy atom. The van der Waals surface area contributed by atoms with E-state index in [0.29, 0.717) is 0 Å². The molecule has 0 radical (unpaired) electrons. The number of aromatic nitrogens is 1. The lowest BCUT2D eigenvalue weighted by molar-refractivity contribution is 0.481. The van der Waals surface area contributed by atoms with Gasteiger partial charge in [-0.15, -0.1) is 11.3 Å². The third-order valence-corrected chi connectivity index (χ3v) is 5.48. The average Bonchev–Trinajstić information content (AvgIpc) is 3.25. The van der Waals surface area contributed by atoms with Crippen molar-refractivity contribution in [2.45, 2.75) is 46.0 Å². The highest BCUT2D eigenvalue weighted by molar-refractivity contribution is 7.13. The van der Waals surface area contributed by atoms with Crippen LogP contribution in [0.15, 0.2) is 10.4 Å². The maximum Gasteiger partial charge on any atom is 0.190 e. The fourth-order valence-corrected chi connectivity index (χ4v) is 3.73. The fraction of sp³-hybridized carbons (Fsp3) is 0.765. The van der Waals surface area contributed by atoms with Crippen LogP contribution in [-0.2, 0) is 6.42 Å². The number of hydrogen-bond acceptors (Lipinski definition) is 4. The number of guanidine groups is 1. The maximum atomic E-state index is 4.76. The monoisotopic (exact) mass is 337 g/mol. The Balaban J connectivity index is 1.70. The molecule has 0 bridgehead atoms. The standard InChI is InChI=1S/C17H31N5S/c1-4-14(5-2)12-20-16(18-3)19-9-8-15-13-23-17(21-15)22-10-6-7-11-22/h13-14H,4-12H2,1-3H3,(H2,18,19,20). The Morgan fingerprint density at radius 3 is 2.70 bits per heavy atom. The third kappa shape index (κ3) is 5.68. The van der Waals surface area contributed by atoms with Crippen molar-refractivity contribution < 1.29 is 0 Å². The molecule has 0 aromatic carbocycles. The van der Waals surface area contributed by atoms with Crippen molar-refractivity contribution >= 4 is 22.4 Å². The molecule has 0 aliphatic carbocycles. The lowest BCUT2D eigenvalue weighted by atomic mass is 10.0. The zero-order chi connectivity index (χ0) is 16.5. The normalized spacial score (nSPS) is 15.5. The van der Waals surface area contributed by atoms with Crippen molar-refractivity contribution in [2.75, 3.05) is 38.1 Å². The Morgan fingerprint density at radius 2 is 2.04 bits per heavy atom. The number of aliphatic imine (C=N–C) groups is 1. The summed E-state index contributed by atoms with van der Waals surface area (Å²) in [4.78, 5) is 11.5. The van der Waals surface area contributed by atoms with Crippen LogP contribution in [0.25, 0.3) is 0 Å². The van der Waals surface area contributed by atoms with Crippen molar-refractivity contribution in [3.05, 3.63) is 11.1 Å². The molecule has 0 unspecified atom stereocenters. The van der Waals surface area contributed by atoms with Gasteiger partial charge in [-0.3, -0.25) is 4.99 Å². The smallest absolute Gasteiger partial charge is 0.190 e. The molecule has 1 aliphatic rings. The van der Waals surface area contributed by atoms with Crippen LogP contribution in [0.3, 0.4) is 0 Å². The summed E-state index contributed by atoms with van der Waals surface area (Å²) >= 11 is 1.77. The molecule has 1 saturated heterocycles. The Hall–Kier alpha value is -1.30. The molecule has 2 rings (SSSR count). The van der Waals surface area contributed by atoms with Gasteiger partial charge in [0, 0.05) is 45.0 Å². The molecular formula is C17H31N5S. The van der Waals surface area contributed by atoms with Gasteiger partial charge in [0.2, 0.25) is 0 Å². The minimum absolute atomic E-state index is 0.718. The van der Waals surface area contributed by atoms with E-state index in [2.05, 4.69) is 39.8 Å². The molecule has 1 aliphatic heterocycles. The minimum Gasteiger partial charge on any atom is -0.356 e. The molecular weight excluding hydrogens is 306 g/mol. The van der Waals surface area contributed by atoms with Crippen LogP contribution in [0.1, 0.15) is 45.2 Å². The molecule has 130 valence electrons. The zero-order valence-electron chi connectivity index (χ0n) is 14.8. The highest BCUT2D eigenvalue weighted by Crippen LogP contribution is 2.24. The van der Waals surface area contributed by atoms with E-state index >= 15 is 0 Å². The predicted octanol–water partition coefficient (Wildman–Crippen LogP) is 2.89. The average molecular weight is 338 g/mol. The number of thiazole rings is 1. The van der Waals surface area contributed by atoms with Crippen LogP contribution < -0.4 is 15.5 Å². The van der Waals surface area contributed by atoms with E-state index in [4.69, 9.17) is 4.98 Å². The van der Waals surface area contributed by atoms with Crippen LogP contribution in [0, 0.1) is 5.92 Å². The van der Waals surface area contributed by atoms with Gasteiger partial charge in [-0.25, -0.2) is 4.98 Å². The van der Waals surface area contributed by atoms with Gasteiger partial charge in [0.1, 0.15) is 0 Å². The van der Waals surface area contributed by atoms with Gasteiger partial charge in [-0.1, -0.05) is 26.7 Å². The summed E-state index contributed by atoms with van der Waals surface area (Å²) in [6.07, 6.45) is 5.96. The predicted molar refractivity (Wildman–Crippen MR) is 101 cm³/mol. The number of hydrogen-bond donors (Lipinski definition) is 2. The largest absolute Gasteiger partial charge is 0.356 e. The van der Waals surface area contributed by atoms with E-state index in [1.165, 1.54) is 36.5 Å². The van der Waals surface area contributed by atoms with Crippen molar-refractivity contribution in [3.8, 4) is 0 Å². The first-order valence-corrected chi connectivity index (χ1v) is 9.78. The quantitative estimate of drug-likeness (QED) is 0.566. The summed E-state index contributed by atoms with van der Waals surface area (Å²) in [5.41, 5.74) is 1.18. The van der Waals surface area contributed by atoms with Crippen LogP contribution in [-0.4, -0.2) is 44.2 Å². The molecule has 1 aromatic rings. The molecule has 6 heteroatoms. The second-order valence-electron chi connectivity index (χ2n) is 6.13. The summed E-state index contributed by atoms with van der Waals surface area (Å²) < 4.78 is 0. The summed E-state index contributed by atoms with van der Waals surface area (Å²) in [6, 6.07) is 0. The van der Waals surface area contributed by atoms with Crippen LogP contribution in [0.4, 0.5) is 5.13 Å². The minimum atomic E-state index is 0.718. The van der Waals surface area contributed by atoms with E-state index in [0.717, 1.165) is 44.5 Å². The fourth-order valence-electron chi connectivity index (χ4n) is 2.81. The van der Waals surface area contributed by atoms with Gasteiger partial charge >= 0.3 is 0 Å². The second kappa shape index (κ2) is 9.75. The van der Waals surface area contributed by atoms with Crippen molar-refractivity contribution in [1.82, 2.24) is 15.6 Å². The van der Waals surface area contributed by atoms with E-state index in [1.807, 2.05) is 7.05 Å². The zero-order valence-corrected chi connectivity index (χ0v) is 15.6. The van der Waals surface area contributed by atoms with Gasteiger partial charge in [-0.2, -0.15) is 0 Å². The van der Waals surface area contributed by atoms with Crippen molar-refractivity contribution in [2.24, 2.45) is 10.9 Å². The van der Waals surface area contributed by atoms with Crippen LogP contribution >= 0.6 is 11.3 Å². The summed E-state index contributed by atoms with van der Waals surface area (Å²) in [5, 5.41) is 10.2. The Kier molecular flexibility index (Phi) is 7.65. The number of nitrogens with zero attached hydrogens (tertiary/aromatic N) is 3. The van der Waals surface area contributed by atoms with E-state index < -0.39 is 0 Å². The van der Waals surface area contributed by atoms with Gasteiger partial charge in [0.05, 0.1) is 5.69 Å². The highest BCUT2D eigenvalue weighted by atomic mass is 32.1. The molecule has 2 heterocycles. The molecule has 0 spiro atoms. The number of rotatable bonds is 8. The third-order valence-electron chi connectivity index (χ3n) is 4.53. The number of nitrogens with one attached hydrogen (secondary N) is 2. The second-order valence-corrected chi connectivity index (χ2v) is 6.96. The molecule has 0 saturated carbocycles. The molecule has 23 heavy (non-hydrogen) atoms. The topological polar surface area (TPSA) is 52.6 Å². The maximum absolute atomic E-state index is 4.76. The first kappa shape index (κ1) is 18.0. The van der Waals surface area contributed by atoms with Gasteiger partial charge in [0.15, 0.2) is 11.1 Å². The van der Waals surface area contributed by atoms with Gasteiger partial charge in [0.25, 0.3) is 0 Å². The van der Waals surface area contributed by atoms with Crippen LogP contribution in [0.5, 0.6) is 0 Å². The summed E-state index contributed by atoms with van der Waals surface area (Å²) in [5.74, 6) is 1.61.